The van der Waals surface area contributed by atoms with Gasteiger partial charge >= 0.3 is 0 Å². The molecule has 1 aliphatic heterocycles. The SMILES string of the molecule is CC(C)Nc1ncccc1C(=O)N1CCN(c2ccccc2[N+](=O)[O-])CC1. The van der Waals surface area contributed by atoms with Crippen molar-refractivity contribution in [3.05, 3.63) is 58.3 Å². The Labute approximate surface area is 158 Å². The van der Waals surface area contributed by atoms with Gasteiger partial charge in [-0.05, 0) is 32.0 Å². The van der Waals surface area contributed by atoms with E-state index in [-0.39, 0.29) is 22.6 Å². The number of anilines is 2. The first-order chi connectivity index (χ1) is 13.0. The Morgan fingerprint density at radius 1 is 1.15 bits per heavy atom. The van der Waals surface area contributed by atoms with Crippen molar-refractivity contribution in [2.75, 3.05) is 36.4 Å². The molecule has 0 atom stereocenters. The minimum atomic E-state index is -0.369. The number of nitrogens with one attached hydrogen (secondary N) is 1. The van der Waals surface area contributed by atoms with Gasteiger partial charge < -0.3 is 15.1 Å². The largest absolute Gasteiger partial charge is 0.367 e. The monoisotopic (exact) mass is 369 g/mol. The Balaban J connectivity index is 1.72. The number of amides is 1. The number of pyridine rings is 1. The van der Waals surface area contributed by atoms with Crippen molar-refractivity contribution in [2.24, 2.45) is 0 Å². The molecule has 0 bridgehead atoms. The fourth-order valence-corrected chi connectivity index (χ4v) is 3.17. The maximum absolute atomic E-state index is 12.9. The molecule has 27 heavy (non-hydrogen) atoms. The third-order valence-corrected chi connectivity index (χ3v) is 4.45. The predicted molar refractivity (Wildman–Crippen MR) is 104 cm³/mol. The van der Waals surface area contributed by atoms with Crippen LogP contribution in [0.15, 0.2) is 42.6 Å². The number of para-hydroxylation sites is 2. The van der Waals surface area contributed by atoms with Crippen LogP contribution in [0.25, 0.3) is 0 Å². The topological polar surface area (TPSA) is 91.6 Å². The van der Waals surface area contributed by atoms with Crippen molar-refractivity contribution in [3.8, 4) is 0 Å². The normalized spacial score (nSPS) is 14.3. The molecule has 1 aromatic heterocycles. The molecule has 2 heterocycles. The van der Waals surface area contributed by atoms with Gasteiger partial charge in [-0.1, -0.05) is 12.1 Å². The summed E-state index contributed by atoms with van der Waals surface area (Å²) < 4.78 is 0. The number of benzene rings is 1. The Morgan fingerprint density at radius 3 is 2.52 bits per heavy atom. The summed E-state index contributed by atoms with van der Waals surface area (Å²) in [7, 11) is 0. The van der Waals surface area contributed by atoms with Gasteiger partial charge in [-0.3, -0.25) is 14.9 Å². The van der Waals surface area contributed by atoms with Gasteiger partial charge in [0.25, 0.3) is 11.6 Å². The summed E-state index contributed by atoms with van der Waals surface area (Å²) in [5.41, 5.74) is 1.23. The van der Waals surface area contributed by atoms with Crippen LogP contribution in [0.5, 0.6) is 0 Å². The maximum Gasteiger partial charge on any atom is 0.292 e. The van der Waals surface area contributed by atoms with E-state index in [0.717, 1.165) is 0 Å². The highest BCUT2D eigenvalue weighted by Crippen LogP contribution is 2.28. The van der Waals surface area contributed by atoms with E-state index in [2.05, 4.69) is 10.3 Å². The van der Waals surface area contributed by atoms with Crippen LogP contribution < -0.4 is 10.2 Å². The lowest BCUT2D eigenvalue weighted by Gasteiger charge is -2.36. The van der Waals surface area contributed by atoms with E-state index >= 15 is 0 Å². The molecule has 0 saturated carbocycles. The lowest BCUT2D eigenvalue weighted by atomic mass is 10.1. The second-order valence-electron chi connectivity index (χ2n) is 6.72. The van der Waals surface area contributed by atoms with Crippen molar-refractivity contribution < 1.29 is 9.72 Å². The van der Waals surface area contributed by atoms with E-state index in [0.29, 0.717) is 43.2 Å². The zero-order valence-corrected chi connectivity index (χ0v) is 15.5. The number of rotatable bonds is 5. The van der Waals surface area contributed by atoms with E-state index in [9.17, 15) is 14.9 Å². The summed E-state index contributed by atoms with van der Waals surface area (Å²) >= 11 is 0. The minimum Gasteiger partial charge on any atom is -0.367 e. The zero-order valence-electron chi connectivity index (χ0n) is 15.5. The summed E-state index contributed by atoms with van der Waals surface area (Å²) in [5.74, 6) is 0.507. The zero-order chi connectivity index (χ0) is 19.4. The number of aromatic nitrogens is 1. The van der Waals surface area contributed by atoms with Crippen LogP contribution in [-0.2, 0) is 0 Å². The van der Waals surface area contributed by atoms with Crippen LogP contribution in [0.4, 0.5) is 17.2 Å². The van der Waals surface area contributed by atoms with Gasteiger partial charge in [0, 0.05) is 44.5 Å². The standard InChI is InChI=1S/C19H23N5O3/c1-14(2)21-18-15(6-5-9-20-18)19(25)23-12-10-22(11-13-23)16-7-3-4-8-17(16)24(26)27/h3-9,14H,10-13H2,1-2H3,(H,20,21). The van der Waals surface area contributed by atoms with Gasteiger partial charge in [-0.25, -0.2) is 4.98 Å². The van der Waals surface area contributed by atoms with Crippen molar-refractivity contribution >= 4 is 23.1 Å². The van der Waals surface area contributed by atoms with Gasteiger partial charge in [0.1, 0.15) is 11.5 Å². The van der Waals surface area contributed by atoms with Gasteiger partial charge in [0.05, 0.1) is 10.5 Å². The molecule has 2 aromatic rings. The second kappa shape index (κ2) is 8.03. The van der Waals surface area contributed by atoms with E-state index < -0.39 is 0 Å². The number of piperazine rings is 1. The molecule has 1 N–H and O–H groups in total. The average Bonchev–Trinajstić information content (AvgIpc) is 2.67. The molecule has 0 radical (unpaired) electrons. The number of hydrogen-bond acceptors (Lipinski definition) is 6. The number of carbonyl (C=O) groups is 1. The molecule has 0 spiro atoms. The fourth-order valence-electron chi connectivity index (χ4n) is 3.17. The van der Waals surface area contributed by atoms with Crippen molar-refractivity contribution in [1.29, 1.82) is 0 Å². The highest BCUT2D eigenvalue weighted by molar-refractivity contribution is 5.98. The molecule has 1 aromatic carbocycles. The van der Waals surface area contributed by atoms with Crippen LogP contribution in [0.2, 0.25) is 0 Å². The molecule has 1 fully saturated rings. The van der Waals surface area contributed by atoms with Gasteiger partial charge in [0.15, 0.2) is 0 Å². The van der Waals surface area contributed by atoms with Gasteiger partial charge in [-0.2, -0.15) is 0 Å². The van der Waals surface area contributed by atoms with Crippen LogP contribution >= 0.6 is 0 Å². The van der Waals surface area contributed by atoms with Gasteiger partial charge in [0.2, 0.25) is 0 Å². The quantitative estimate of drug-likeness (QED) is 0.644. The molecule has 3 rings (SSSR count). The molecule has 8 nitrogen and oxygen atoms in total. The molecule has 8 heteroatoms. The van der Waals surface area contributed by atoms with E-state index in [4.69, 9.17) is 0 Å². The van der Waals surface area contributed by atoms with E-state index in [1.54, 1.807) is 41.4 Å². The molecular formula is C19H23N5O3. The Hall–Kier alpha value is -3.16. The lowest BCUT2D eigenvalue weighted by molar-refractivity contribution is -0.384. The smallest absolute Gasteiger partial charge is 0.292 e. The van der Waals surface area contributed by atoms with Crippen molar-refractivity contribution in [2.45, 2.75) is 19.9 Å². The van der Waals surface area contributed by atoms with Crippen molar-refractivity contribution in [1.82, 2.24) is 9.88 Å². The van der Waals surface area contributed by atoms with Crippen LogP contribution in [0.3, 0.4) is 0 Å². The number of hydrogen-bond donors (Lipinski definition) is 1. The highest BCUT2D eigenvalue weighted by atomic mass is 16.6. The lowest BCUT2D eigenvalue weighted by Crippen LogP contribution is -2.49. The average molecular weight is 369 g/mol. The summed E-state index contributed by atoms with van der Waals surface area (Å²) in [4.78, 5) is 31.8. The van der Waals surface area contributed by atoms with Crippen LogP contribution in [0.1, 0.15) is 24.2 Å². The summed E-state index contributed by atoms with van der Waals surface area (Å²) in [6, 6.07) is 10.4. The molecule has 1 amide bonds. The molecule has 142 valence electrons. The fraction of sp³-hybridized carbons (Fsp3) is 0.368. The summed E-state index contributed by atoms with van der Waals surface area (Å²) in [6.45, 7) is 6.08. The Bertz CT molecular complexity index is 832. The number of nitro groups is 1. The third-order valence-electron chi connectivity index (χ3n) is 4.45. The number of nitrogens with zero attached hydrogens (tertiary/aromatic N) is 4. The van der Waals surface area contributed by atoms with Crippen molar-refractivity contribution in [3.63, 3.8) is 0 Å². The minimum absolute atomic E-state index is 0.0755. The predicted octanol–water partition coefficient (Wildman–Crippen LogP) is 2.77. The maximum atomic E-state index is 12.9. The Kier molecular flexibility index (Phi) is 5.54. The molecule has 1 aliphatic rings. The highest BCUT2D eigenvalue weighted by Gasteiger charge is 2.27. The first kappa shape index (κ1) is 18.6. The molecule has 1 saturated heterocycles. The van der Waals surface area contributed by atoms with Crippen LogP contribution in [0, 0.1) is 10.1 Å². The molecule has 0 unspecified atom stereocenters. The number of nitro benzene ring substituents is 1. The van der Waals surface area contributed by atoms with E-state index in [1.165, 1.54) is 6.07 Å². The third kappa shape index (κ3) is 4.16. The number of carbonyl (C=O) groups excluding carboxylic acids is 1. The Morgan fingerprint density at radius 2 is 1.85 bits per heavy atom. The second-order valence-corrected chi connectivity index (χ2v) is 6.72. The van der Waals surface area contributed by atoms with E-state index in [1.807, 2.05) is 18.7 Å². The van der Waals surface area contributed by atoms with Crippen LogP contribution in [-0.4, -0.2) is 52.9 Å². The summed E-state index contributed by atoms with van der Waals surface area (Å²) in [5, 5.41) is 14.5. The first-order valence-corrected chi connectivity index (χ1v) is 8.96. The van der Waals surface area contributed by atoms with Gasteiger partial charge in [-0.15, -0.1) is 0 Å². The summed E-state index contributed by atoms with van der Waals surface area (Å²) in [6.07, 6.45) is 1.66. The molecular weight excluding hydrogens is 346 g/mol. The molecule has 0 aliphatic carbocycles. The first-order valence-electron chi connectivity index (χ1n) is 8.96.